The molecule has 3 aromatic rings. The van der Waals surface area contributed by atoms with Gasteiger partial charge in [-0.3, -0.25) is 4.90 Å². The molecular weight excluding hydrogens is 366 g/mol. The van der Waals surface area contributed by atoms with E-state index in [9.17, 15) is 0 Å². The van der Waals surface area contributed by atoms with Crippen molar-refractivity contribution < 1.29 is 9.47 Å². The van der Waals surface area contributed by atoms with E-state index >= 15 is 0 Å². The van der Waals surface area contributed by atoms with Crippen molar-refractivity contribution in [3.05, 3.63) is 42.2 Å². The van der Waals surface area contributed by atoms with E-state index in [0.29, 0.717) is 11.5 Å². The highest BCUT2D eigenvalue weighted by Gasteiger charge is 2.21. The number of nitrogen functional groups attached to an aromatic ring is 1. The molecule has 7 nitrogen and oxygen atoms in total. The van der Waals surface area contributed by atoms with Gasteiger partial charge in [0.2, 0.25) is 0 Å². The first-order valence-corrected chi connectivity index (χ1v) is 10.1. The summed E-state index contributed by atoms with van der Waals surface area (Å²) in [7, 11) is 3.30. The number of imidazole rings is 1. The molecule has 7 heteroatoms. The second kappa shape index (κ2) is 8.31. The number of ether oxygens (including phenoxy) is 2. The standard InChI is InChI=1S/C22H29N5O2/c1-4-25-9-11-26(12-10-25)15-18-22(24-21-8-6-17(23)14-27(18)21)16-5-7-19(28-2)20(13-16)29-3/h5-8,13-14H,4,9-12,15,23H2,1-3H3. The van der Waals surface area contributed by atoms with Gasteiger partial charge in [-0.1, -0.05) is 6.92 Å². The molecule has 29 heavy (non-hydrogen) atoms. The maximum absolute atomic E-state index is 6.09. The quantitative estimate of drug-likeness (QED) is 0.692. The molecule has 1 fully saturated rings. The Labute approximate surface area is 171 Å². The highest BCUT2D eigenvalue weighted by atomic mass is 16.5. The van der Waals surface area contributed by atoms with Crippen LogP contribution in [0.3, 0.4) is 0 Å². The number of nitrogens with zero attached hydrogens (tertiary/aromatic N) is 4. The molecule has 0 bridgehead atoms. The molecule has 2 aromatic heterocycles. The minimum atomic E-state index is 0.698. The Morgan fingerprint density at radius 1 is 0.966 bits per heavy atom. The van der Waals surface area contributed by atoms with Crippen LogP contribution in [-0.4, -0.2) is 66.1 Å². The number of likely N-dealkylation sites (N-methyl/N-ethyl adjacent to an activating group) is 1. The van der Waals surface area contributed by atoms with Crippen LogP contribution in [0.4, 0.5) is 5.69 Å². The molecule has 1 saturated heterocycles. The third-order valence-electron chi connectivity index (χ3n) is 5.68. The van der Waals surface area contributed by atoms with Crippen molar-refractivity contribution >= 4 is 11.3 Å². The van der Waals surface area contributed by atoms with Crippen molar-refractivity contribution in [1.82, 2.24) is 19.2 Å². The first-order valence-electron chi connectivity index (χ1n) is 10.1. The lowest BCUT2D eigenvalue weighted by molar-refractivity contribution is 0.131. The average Bonchev–Trinajstić information content (AvgIpc) is 3.11. The minimum Gasteiger partial charge on any atom is -0.493 e. The Hall–Kier alpha value is -2.77. The summed E-state index contributed by atoms with van der Waals surface area (Å²) in [4.78, 5) is 9.90. The molecular formula is C22H29N5O2. The largest absolute Gasteiger partial charge is 0.493 e. The van der Waals surface area contributed by atoms with Crippen LogP contribution in [-0.2, 0) is 6.54 Å². The first-order chi connectivity index (χ1) is 14.1. The fourth-order valence-corrected chi connectivity index (χ4v) is 3.95. The maximum Gasteiger partial charge on any atom is 0.161 e. The summed E-state index contributed by atoms with van der Waals surface area (Å²) < 4.78 is 13.0. The van der Waals surface area contributed by atoms with Crippen molar-refractivity contribution in [1.29, 1.82) is 0 Å². The average molecular weight is 396 g/mol. The van der Waals surface area contributed by atoms with Gasteiger partial charge < -0.3 is 24.5 Å². The number of aromatic nitrogens is 2. The van der Waals surface area contributed by atoms with Gasteiger partial charge in [-0.25, -0.2) is 4.98 Å². The number of nitrogens with two attached hydrogens (primary N) is 1. The summed E-state index contributed by atoms with van der Waals surface area (Å²) in [5.74, 6) is 1.41. The Bertz CT molecular complexity index is 992. The molecule has 0 radical (unpaired) electrons. The van der Waals surface area contributed by atoms with Crippen LogP contribution in [0.2, 0.25) is 0 Å². The van der Waals surface area contributed by atoms with Gasteiger partial charge in [0.25, 0.3) is 0 Å². The lowest BCUT2D eigenvalue weighted by atomic mass is 10.1. The molecule has 154 valence electrons. The van der Waals surface area contributed by atoms with E-state index in [1.165, 1.54) is 0 Å². The van der Waals surface area contributed by atoms with Crippen LogP contribution >= 0.6 is 0 Å². The summed E-state index contributed by atoms with van der Waals surface area (Å²) in [6.07, 6.45) is 1.96. The molecule has 0 atom stereocenters. The molecule has 0 unspecified atom stereocenters. The molecule has 3 heterocycles. The third-order valence-corrected chi connectivity index (χ3v) is 5.68. The summed E-state index contributed by atoms with van der Waals surface area (Å²) >= 11 is 0. The zero-order valence-electron chi connectivity index (χ0n) is 17.4. The van der Waals surface area contributed by atoms with E-state index < -0.39 is 0 Å². The first kappa shape index (κ1) is 19.5. The topological polar surface area (TPSA) is 68.3 Å². The molecule has 0 saturated carbocycles. The molecule has 0 amide bonds. The minimum absolute atomic E-state index is 0.698. The van der Waals surface area contributed by atoms with E-state index in [0.717, 1.165) is 67.6 Å². The highest BCUT2D eigenvalue weighted by molar-refractivity contribution is 5.70. The molecule has 1 aromatic carbocycles. The van der Waals surface area contributed by atoms with Crippen molar-refractivity contribution in [3.8, 4) is 22.8 Å². The van der Waals surface area contributed by atoms with Gasteiger partial charge >= 0.3 is 0 Å². The molecule has 2 N–H and O–H groups in total. The third kappa shape index (κ3) is 3.88. The highest BCUT2D eigenvalue weighted by Crippen LogP contribution is 2.34. The van der Waals surface area contributed by atoms with Crippen LogP contribution in [0, 0.1) is 0 Å². The van der Waals surface area contributed by atoms with Gasteiger partial charge in [0.05, 0.1) is 25.6 Å². The summed E-state index contributed by atoms with van der Waals surface area (Å²) in [6, 6.07) is 9.81. The number of fused-ring (bicyclic) bond motifs is 1. The van der Waals surface area contributed by atoms with Gasteiger partial charge in [-0.15, -0.1) is 0 Å². The summed E-state index contributed by atoms with van der Waals surface area (Å²) in [6.45, 7) is 8.45. The number of hydrogen-bond donors (Lipinski definition) is 1. The Morgan fingerprint density at radius 2 is 1.69 bits per heavy atom. The van der Waals surface area contributed by atoms with Crippen molar-refractivity contribution in [2.75, 3.05) is 52.7 Å². The zero-order chi connectivity index (χ0) is 20.4. The SMILES string of the molecule is CCN1CCN(Cc2c(-c3ccc(OC)c(OC)c3)nc3ccc(N)cn23)CC1. The Morgan fingerprint density at radius 3 is 2.38 bits per heavy atom. The summed E-state index contributed by atoms with van der Waals surface area (Å²) in [5.41, 5.74) is 10.8. The molecule has 4 rings (SSSR count). The monoisotopic (exact) mass is 395 g/mol. The summed E-state index contributed by atoms with van der Waals surface area (Å²) in [5, 5.41) is 0. The van der Waals surface area contributed by atoms with Gasteiger partial charge in [0.15, 0.2) is 11.5 Å². The van der Waals surface area contributed by atoms with Crippen LogP contribution in [0.15, 0.2) is 36.5 Å². The number of anilines is 1. The van der Waals surface area contributed by atoms with E-state index in [2.05, 4.69) is 21.1 Å². The number of benzene rings is 1. The van der Waals surface area contributed by atoms with Crippen LogP contribution < -0.4 is 15.2 Å². The predicted molar refractivity (Wildman–Crippen MR) is 116 cm³/mol. The second-order valence-corrected chi connectivity index (χ2v) is 7.38. The number of rotatable bonds is 6. The Kier molecular flexibility index (Phi) is 5.60. The van der Waals surface area contributed by atoms with E-state index in [4.69, 9.17) is 20.2 Å². The molecule has 0 aliphatic carbocycles. The number of piperazine rings is 1. The number of hydrogen-bond acceptors (Lipinski definition) is 6. The fraction of sp³-hybridized carbons (Fsp3) is 0.409. The van der Waals surface area contributed by atoms with Crippen LogP contribution in [0.5, 0.6) is 11.5 Å². The number of pyridine rings is 1. The normalized spacial score (nSPS) is 15.7. The maximum atomic E-state index is 6.09. The van der Waals surface area contributed by atoms with Gasteiger partial charge in [-0.05, 0) is 36.9 Å². The molecule has 1 aliphatic heterocycles. The van der Waals surface area contributed by atoms with Crippen molar-refractivity contribution in [3.63, 3.8) is 0 Å². The smallest absolute Gasteiger partial charge is 0.161 e. The van der Waals surface area contributed by atoms with Gasteiger partial charge in [0, 0.05) is 50.2 Å². The predicted octanol–water partition coefficient (Wildman–Crippen LogP) is 2.74. The molecule has 1 aliphatic rings. The van der Waals surface area contributed by atoms with Gasteiger partial charge in [-0.2, -0.15) is 0 Å². The van der Waals surface area contributed by atoms with Crippen LogP contribution in [0.25, 0.3) is 16.9 Å². The van der Waals surface area contributed by atoms with E-state index in [1.807, 2.05) is 36.5 Å². The van der Waals surface area contributed by atoms with Gasteiger partial charge in [0.1, 0.15) is 5.65 Å². The Balaban J connectivity index is 1.75. The lowest BCUT2D eigenvalue weighted by Crippen LogP contribution is -2.45. The second-order valence-electron chi connectivity index (χ2n) is 7.38. The van der Waals surface area contributed by atoms with Crippen molar-refractivity contribution in [2.24, 2.45) is 0 Å². The van der Waals surface area contributed by atoms with E-state index in [-0.39, 0.29) is 0 Å². The molecule has 0 spiro atoms. The zero-order valence-corrected chi connectivity index (χ0v) is 17.4. The fourth-order valence-electron chi connectivity index (χ4n) is 3.95. The van der Waals surface area contributed by atoms with E-state index in [1.54, 1.807) is 14.2 Å². The van der Waals surface area contributed by atoms with Crippen LogP contribution in [0.1, 0.15) is 12.6 Å². The number of methoxy groups -OCH3 is 2. The van der Waals surface area contributed by atoms with Crippen molar-refractivity contribution in [2.45, 2.75) is 13.5 Å². The lowest BCUT2D eigenvalue weighted by Gasteiger charge is -2.34.